The standard InChI is InChI=1S/C20H26FN3O/c1-4-18-19(20(25)23-11-5-6-12-23)17(13-14(2)3)22-24(18)16-9-7-15(21)8-10-16/h7-10,14H,4-6,11-13H2,1-3H3. The SMILES string of the molecule is CCc1c(C(=O)N2CCCC2)c(CC(C)C)nn1-c1ccc(F)cc1. The van der Waals surface area contributed by atoms with Gasteiger partial charge in [-0.15, -0.1) is 0 Å². The zero-order valence-electron chi connectivity index (χ0n) is 15.3. The summed E-state index contributed by atoms with van der Waals surface area (Å²) < 4.78 is 15.1. The number of amides is 1. The average molecular weight is 343 g/mol. The minimum Gasteiger partial charge on any atom is -0.339 e. The van der Waals surface area contributed by atoms with Crippen molar-refractivity contribution in [1.29, 1.82) is 0 Å². The van der Waals surface area contributed by atoms with Crippen LogP contribution in [0.2, 0.25) is 0 Å². The van der Waals surface area contributed by atoms with Crippen LogP contribution in [0.5, 0.6) is 0 Å². The first kappa shape index (κ1) is 17.6. The van der Waals surface area contributed by atoms with Gasteiger partial charge in [-0.25, -0.2) is 9.07 Å². The van der Waals surface area contributed by atoms with Gasteiger partial charge in [0, 0.05) is 13.1 Å². The third-order valence-corrected chi connectivity index (χ3v) is 4.67. The second-order valence-electron chi connectivity index (χ2n) is 7.11. The number of rotatable bonds is 5. The maximum Gasteiger partial charge on any atom is 0.257 e. The molecule has 0 aliphatic carbocycles. The number of aromatic nitrogens is 2. The van der Waals surface area contributed by atoms with Crippen molar-refractivity contribution < 1.29 is 9.18 Å². The first-order valence-electron chi connectivity index (χ1n) is 9.17. The van der Waals surface area contributed by atoms with E-state index < -0.39 is 0 Å². The Morgan fingerprint density at radius 3 is 2.40 bits per heavy atom. The molecular formula is C20H26FN3O. The van der Waals surface area contributed by atoms with E-state index in [-0.39, 0.29) is 11.7 Å². The summed E-state index contributed by atoms with van der Waals surface area (Å²) in [7, 11) is 0. The van der Waals surface area contributed by atoms with E-state index in [0.29, 0.717) is 12.3 Å². The lowest BCUT2D eigenvalue weighted by Crippen LogP contribution is -2.29. The van der Waals surface area contributed by atoms with Gasteiger partial charge in [0.05, 0.1) is 22.6 Å². The van der Waals surface area contributed by atoms with E-state index in [1.807, 2.05) is 16.5 Å². The second kappa shape index (κ2) is 7.38. The predicted molar refractivity (Wildman–Crippen MR) is 96.6 cm³/mol. The van der Waals surface area contributed by atoms with Crippen LogP contribution in [0, 0.1) is 11.7 Å². The quantitative estimate of drug-likeness (QED) is 0.823. The van der Waals surface area contributed by atoms with Gasteiger partial charge in [-0.05, 0) is 55.9 Å². The summed E-state index contributed by atoms with van der Waals surface area (Å²) in [5.74, 6) is 0.231. The van der Waals surface area contributed by atoms with Crippen molar-refractivity contribution in [1.82, 2.24) is 14.7 Å². The minimum atomic E-state index is -0.273. The van der Waals surface area contributed by atoms with Crippen molar-refractivity contribution in [3.63, 3.8) is 0 Å². The van der Waals surface area contributed by atoms with E-state index in [0.717, 1.165) is 55.0 Å². The van der Waals surface area contributed by atoms with Gasteiger partial charge in [0.2, 0.25) is 0 Å². The number of nitrogens with zero attached hydrogens (tertiary/aromatic N) is 3. The van der Waals surface area contributed by atoms with Crippen molar-refractivity contribution in [2.24, 2.45) is 5.92 Å². The lowest BCUT2D eigenvalue weighted by Gasteiger charge is -2.17. The van der Waals surface area contributed by atoms with Crippen molar-refractivity contribution in [2.75, 3.05) is 13.1 Å². The normalized spacial score (nSPS) is 14.5. The molecule has 0 bridgehead atoms. The third kappa shape index (κ3) is 3.60. The summed E-state index contributed by atoms with van der Waals surface area (Å²) >= 11 is 0. The van der Waals surface area contributed by atoms with Crippen molar-refractivity contribution in [3.8, 4) is 5.69 Å². The molecule has 1 amide bonds. The summed E-state index contributed by atoms with van der Waals surface area (Å²) in [6.45, 7) is 7.95. The summed E-state index contributed by atoms with van der Waals surface area (Å²) in [4.78, 5) is 15.1. The minimum absolute atomic E-state index is 0.0957. The number of carbonyl (C=O) groups is 1. The highest BCUT2D eigenvalue weighted by Crippen LogP contribution is 2.25. The van der Waals surface area contributed by atoms with Crippen LogP contribution in [0.3, 0.4) is 0 Å². The molecule has 5 heteroatoms. The summed E-state index contributed by atoms with van der Waals surface area (Å²) in [5.41, 5.74) is 3.32. The molecule has 4 nitrogen and oxygen atoms in total. The van der Waals surface area contributed by atoms with E-state index in [2.05, 4.69) is 13.8 Å². The van der Waals surface area contributed by atoms with Gasteiger partial charge in [-0.1, -0.05) is 20.8 Å². The highest BCUT2D eigenvalue weighted by atomic mass is 19.1. The predicted octanol–water partition coefficient (Wildman–Crippen LogP) is 4.01. The molecule has 1 aromatic carbocycles. The van der Waals surface area contributed by atoms with Crippen LogP contribution in [-0.2, 0) is 12.8 Å². The van der Waals surface area contributed by atoms with Gasteiger partial charge >= 0.3 is 0 Å². The highest BCUT2D eigenvalue weighted by molar-refractivity contribution is 5.97. The fourth-order valence-corrected chi connectivity index (χ4v) is 3.48. The van der Waals surface area contributed by atoms with Gasteiger partial charge in [-0.3, -0.25) is 4.79 Å². The third-order valence-electron chi connectivity index (χ3n) is 4.67. The van der Waals surface area contributed by atoms with Gasteiger partial charge in [0.15, 0.2) is 0 Å². The Morgan fingerprint density at radius 2 is 1.84 bits per heavy atom. The van der Waals surface area contributed by atoms with Crippen LogP contribution in [0.4, 0.5) is 4.39 Å². The lowest BCUT2D eigenvalue weighted by atomic mass is 10.0. The molecule has 1 aliphatic heterocycles. The van der Waals surface area contributed by atoms with Crippen molar-refractivity contribution >= 4 is 5.91 Å². The number of benzene rings is 1. The van der Waals surface area contributed by atoms with Crippen LogP contribution in [-0.4, -0.2) is 33.7 Å². The van der Waals surface area contributed by atoms with Crippen molar-refractivity contribution in [2.45, 2.75) is 46.5 Å². The first-order valence-corrected chi connectivity index (χ1v) is 9.17. The first-order chi connectivity index (χ1) is 12.0. The van der Waals surface area contributed by atoms with Crippen LogP contribution < -0.4 is 0 Å². The molecule has 0 atom stereocenters. The monoisotopic (exact) mass is 343 g/mol. The number of hydrogen-bond acceptors (Lipinski definition) is 2. The Morgan fingerprint density at radius 1 is 1.20 bits per heavy atom. The Labute approximate surface area is 148 Å². The van der Waals surface area contributed by atoms with Gasteiger partial charge < -0.3 is 4.90 Å². The zero-order chi connectivity index (χ0) is 18.0. The van der Waals surface area contributed by atoms with E-state index in [1.165, 1.54) is 12.1 Å². The summed E-state index contributed by atoms with van der Waals surface area (Å²) in [6, 6.07) is 6.29. The number of carbonyl (C=O) groups excluding carboxylic acids is 1. The molecule has 0 saturated carbocycles. The van der Waals surface area contributed by atoms with Crippen LogP contribution in [0.1, 0.15) is 55.4 Å². The molecule has 25 heavy (non-hydrogen) atoms. The fraction of sp³-hybridized carbons (Fsp3) is 0.500. The fourth-order valence-electron chi connectivity index (χ4n) is 3.48. The molecule has 134 valence electrons. The summed E-state index contributed by atoms with van der Waals surface area (Å²) in [6.07, 6.45) is 3.60. The largest absolute Gasteiger partial charge is 0.339 e. The molecular weight excluding hydrogens is 317 g/mol. The Bertz CT molecular complexity index is 743. The topological polar surface area (TPSA) is 38.1 Å². The number of hydrogen-bond donors (Lipinski definition) is 0. The maximum atomic E-state index is 13.3. The Balaban J connectivity index is 2.10. The van der Waals surface area contributed by atoms with E-state index in [4.69, 9.17) is 5.10 Å². The van der Waals surface area contributed by atoms with E-state index in [1.54, 1.807) is 12.1 Å². The molecule has 0 radical (unpaired) electrons. The van der Waals surface area contributed by atoms with Crippen molar-refractivity contribution in [3.05, 3.63) is 47.0 Å². The Kier molecular flexibility index (Phi) is 5.21. The molecule has 1 aromatic heterocycles. The molecule has 1 aliphatic rings. The molecule has 0 N–H and O–H groups in total. The lowest BCUT2D eigenvalue weighted by molar-refractivity contribution is 0.0790. The van der Waals surface area contributed by atoms with Gasteiger partial charge in [-0.2, -0.15) is 5.10 Å². The smallest absolute Gasteiger partial charge is 0.257 e. The zero-order valence-corrected chi connectivity index (χ0v) is 15.3. The molecule has 2 heterocycles. The molecule has 0 spiro atoms. The average Bonchev–Trinajstić information content (AvgIpc) is 3.22. The molecule has 0 unspecified atom stereocenters. The number of halogens is 1. The molecule has 2 aromatic rings. The van der Waals surface area contributed by atoms with Crippen LogP contribution in [0.25, 0.3) is 5.69 Å². The van der Waals surface area contributed by atoms with Crippen LogP contribution >= 0.6 is 0 Å². The molecule has 3 rings (SSSR count). The molecule has 1 saturated heterocycles. The number of likely N-dealkylation sites (tertiary alicyclic amines) is 1. The Hall–Kier alpha value is -2.17. The summed E-state index contributed by atoms with van der Waals surface area (Å²) in [5, 5.41) is 4.76. The van der Waals surface area contributed by atoms with Crippen LogP contribution in [0.15, 0.2) is 24.3 Å². The maximum absolute atomic E-state index is 13.3. The molecule has 1 fully saturated rings. The van der Waals surface area contributed by atoms with Gasteiger partial charge in [0.1, 0.15) is 5.82 Å². The highest BCUT2D eigenvalue weighted by Gasteiger charge is 2.28. The van der Waals surface area contributed by atoms with E-state index >= 15 is 0 Å². The van der Waals surface area contributed by atoms with Gasteiger partial charge in [0.25, 0.3) is 5.91 Å². The van der Waals surface area contributed by atoms with E-state index in [9.17, 15) is 9.18 Å². The second-order valence-corrected chi connectivity index (χ2v) is 7.11.